The topological polar surface area (TPSA) is 738 Å². The summed E-state index contributed by atoms with van der Waals surface area (Å²) in [7, 11) is 10.6. The highest BCUT2D eigenvalue weighted by Crippen LogP contribution is 2.23. The van der Waals surface area contributed by atoms with E-state index in [1.807, 2.05) is 32.8 Å². The maximum atomic E-state index is 11.2. The third-order valence-electron chi connectivity index (χ3n) is 13.9. The van der Waals surface area contributed by atoms with Crippen LogP contribution in [0.5, 0.6) is 0 Å². The number of aromatic nitrogens is 18. The number of amides is 8. The maximum absolute atomic E-state index is 11.2. The first-order valence-electron chi connectivity index (χ1n) is 30.0. The largest absolute Gasteiger partial charge is 0.384 e. The van der Waals surface area contributed by atoms with Gasteiger partial charge in [0.2, 0.25) is 42.0 Å². The van der Waals surface area contributed by atoms with Crippen molar-refractivity contribution in [3.63, 3.8) is 0 Å². The van der Waals surface area contributed by atoms with Crippen LogP contribution >= 0.6 is 0 Å². The Bertz CT molecular complexity index is 4900. The first-order chi connectivity index (χ1) is 49.4. The molecule has 0 saturated carbocycles. The van der Waals surface area contributed by atoms with Gasteiger partial charge in [0.25, 0.3) is 22.6 Å². The number of nitrogens with one attached hydrogen (secondary N) is 10. The van der Waals surface area contributed by atoms with Gasteiger partial charge in [-0.25, -0.2) is 49.1 Å². The Morgan fingerprint density at radius 1 is 0.562 bits per heavy atom. The minimum atomic E-state index is -1.00. The van der Waals surface area contributed by atoms with Crippen molar-refractivity contribution in [2.24, 2.45) is 38.9 Å². The predicted octanol–water partition coefficient (Wildman–Crippen LogP) is -5.14. The molecule has 29 N–H and O–H groups in total. The van der Waals surface area contributed by atoms with E-state index in [9.17, 15) is 48.3 Å². The molecule has 3 unspecified atom stereocenters. The van der Waals surface area contributed by atoms with Crippen molar-refractivity contribution in [1.82, 2.24) is 134 Å². The number of aryl methyl sites for hydroxylation is 8. The van der Waals surface area contributed by atoms with E-state index < -0.39 is 23.9 Å². The number of hydrogen-bond donors (Lipinski definition) is 20. The third-order valence-corrected chi connectivity index (χ3v) is 13.9. The standard InChI is InChI=1S/C7H7N3O2.C6H7N5O.2C6H9N5O.C6H8N4O2.2C5H8N4.3C5H7N3O/c1-10-3-8-6-4(10)2-5(11)9-7(6)12;1-11-2-8-3-4(7)9-6(12)10-5(3)11;1-10-2-3-11-4(7)8-5(12)9-6(10)11;1-10-2-3-11-5(10)8-4(7)9-6(11)12;1-10-2-7-3-4(10)8-6(12)9-5(3)11;2*1-3-2-8-5(7)9-4(3)6;1-8-3-2-4(9)7-5(8)6;1-3-5(6)8-4(9)2-7-3;1-3-5(9)8-4(6)2-7-3/h3H,2H2,1H3,(H,9,11,12);2H,1H3,(H3,7,9,10,12);2-3,6H,1H3,(H3,7,8,9,12);2-3,5H,1H3,(H3,7,8,9,12);2,5,11H,1H3,(H2,8,9,12);2*2H,1H3,(H4,6,7,8,9);2-3H,1H3,(H2,6,7,9);2*2H,1H3,(H3,6,8,9). The molecule has 9 aromatic heterocycles. The summed E-state index contributed by atoms with van der Waals surface area (Å²) in [6.07, 6.45) is 17.6. The number of aromatic amines is 3. The number of H-pyrrole nitrogens is 3. The molecule has 0 radical (unpaired) electrons. The molecule has 105 heavy (non-hydrogen) atoms. The van der Waals surface area contributed by atoms with E-state index in [2.05, 4.69) is 107 Å². The van der Waals surface area contributed by atoms with Crippen LogP contribution in [0.1, 0.15) is 50.6 Å². The van der Waals surface area contributed by atoms with Gasteiger partial charge in [0, 0.05) is 103 Å². The Morgan fingerprint density at radius 2 is 1.16 bits per heavy atom. The second-order valence-electron chi connectivity index (χ2n) is 22.0. The van der Waals surface area contributed by atoms with Crippen LogP contribution in [0.15, 0.2) is 105 Å². The lowest BCUT2D eigenvalue weighted by Crippen LogP contribution is -2.64. The van der Waals surface area contributed by atoms with Gasteiger partial charge >= 0.3 is 23.8 Å². The summed E-state index contributed by atoms with van der Waals surface area (Å²) in [4.78, 5) is 156. The minimum Gasteiger partial charge on any atom is -0.384 e. The number of nitrogens with zero attached hydrogens (tertiary/aromatic N) is 20. The smallest absolute Gasteiger partial charge is 0.348 e. The number of aliphatic hydroxyl groups excluding tert-OH is 1. The van der Waals surface area contributed by atoms with Crippen LogP contribution in [-0.2, 0) is 39.4 Å². The zero-order valence-electron chi connectivity index (χ0n) is 57.7. The number of aliphatic hydroxyl groups is 1. The van der Waals surface area contributed by atoms with Crippen LogP contribution in [0.4, 0.5) is 67.1 Å². The first kappa shape index (κ1) is 78.9. The molecule has 8 amide bonds. The molecule has 0 bridgehead atoms. The SMILES string of the molecule is CN1C=CN2C(=N)NC(=O)NC12.CN1C=CN2C(=O)NC(N)=NC12.Cc1cnc(N)nc1N.Cc1cnc(N)nc1N.Cc1ncc(=O)[nH]c1N.Cc1ncc(N)[nH]c1=O.Cn1ccc(=O)nc1N.Cn1cnc2c(N)[nH]c(=O)nc21.Cn1cnc2c1CC(=O)NC2=O.Cn1cnc2c1NC(=O)NC2O. The van der Waals surface area contributed by atoms with Crippen molar-refractivity contribution in [2.75, 3.05) is 65.3 Å². The van der Waals surface area contributed by atoms with E-state index in [0.717, 1.165) is 11.1 Å². The molecular formula is C56H77N39O10. The Labute approximate surface area is 591 Å². The van der Waals surface area contributed by atoms with Gasteiger partial charge in [-0.15, -0.1) is 0 Å². The normalized spacial score (nSPS) is 15.6. The number of rotatable bonds is 0. The number of hydrogen-bond acceptors (Lipinski definition) is 34. The van der Waals surface area contributed by atoms with E-state index in [-0.39, 0.29) is 89.2 Å². The Kier molecular flexibility index (Phi) is 26.4. The highest BCUT2D eigenvalue weighted by molar-refractivity contribution is 6.08. The molecule has 3 atom stereocenters. The zero-order valence-corrected chi connectivity index (χ0v) is 57.7. The number of imidazole rings is 3. The molecule has 49 heteroatoms. The fraction of sp³-hybridized carbons (Fsp3) is 0.250. The van der Waals surface area contributed by atoms with E-state index in [4.69, 9.17) is 57.0 Å². The number of carbonyl (C=O) groups excluding carboxylic acids is 5. The maximum Gasteiger partial charge on any atom is 0.348 e. The first-order valence-corrected chi connectivity index (χ1v) is 30.0. The van der Waals surface area contributed by atoms with E-state index >= 15 is 0 Å². The number of imide groups is 1. The molecule has 0 aromatic carbocycles. The summed E-state index contributed by atoms with van der Waals surface area (Å²) in [6.45, 7) is 7.01. The summed E-state index contributed by atoms with van der Waals surface area (Å²) in [5.41, 5.74) is 51.9. The van der Waals surface area contributed by atoms with Gasteiger partial charge in [0.15, 0.2) is 18.2 Å². The molecular weight excluding hydrogens is 1380 g/mol. The Hall–Kier alpha value is -15.1. The van der Waals surface area contributed by atoms with Crippen molar-refractivity contribution in [3.8, 4) is 0 Å². The molecule has 556 valence electrons. The lowest BCUT2D eigenvalue weighted by Gasteiger charge is -2.34. The fourth-order valence-electron chi connectivity index (χ4n) is 8.21. The van der Waals surface area contributed by atoms with Crippen molar-refractivity contribution >= 4 is 106 Å². The minimum absolute atomic E-state index is 0.101. The summed E-state index contributed by atoms with van der Waals surface area (Å²) in [5, 5.41) is 31.1. The number of fused-ring (bicyclic) bond motifs is 5. The Balaban J connectivity index is 0.000000183. The molecule has 1 saturated heterocycles. The predicted molar refractivity (Wildman–Crippen MR) is 381 cm³/mol. The van der Waals surface area contributed by atoms with Gasteiger partial charge in [-0.3, -0.25) is 80.7 Å². The molecule has 6 aliphatic rings. The number of anilines is 9. The van der Waals surface area contributed by atoms with Gasteiger partial charge in [-0.1, -0.05) is 0 Å². The van der Waals surface area contributed by atoms with Crippen LogP contribution in [0.2, 0.25) is 0 Å². The molecule has 9 aromatic rings. The number of guanidine groups is 2. The molecule has 1 fully saturated rings. The lowest BCUT2D eigenvalue weighted by atomic mass is 10.1. The molecule has 0 aliphatic carbocycles. The van der Waals surface area contributed by atoms with Crippen LogP contribution in [-0.4, -0.2) is 181 Å². The molecule has 49 nitrogen and oxygen atoms in total. The number of nitrogens with two attached hydrogens (primary N) is 9. The van der Waals surface area contributed by atoms with Gasteiger partial charge in [-0.2, -0.15) is 19.9 Å². The number of carbonyl (C=O) groups is 5. The zero-order chi connectivity index (χ0) is 77.8. The number of aliphatic imine (C=N–C) groups is 1. The summed E-state index contributed by atoms with van der Waals surface area (Å²) >= 11 is 0. The van der Waals surface area contributed by atoms with Gasteiger partial charge in [-0.05, 0) is 27.7 Å². The van der Waals surface area contributed by atoms with Crippen molar-refractivity contribution in [1.29, 1.82) is 5.41 Å². The lowest BCUT2D eigenvalue weighted by molar-refractivity contribution is -0.119. The Morgan fingerprint density at radius 3 is 1.74 bits per heavy atom. The van der Waals surface area contributed by atoms with Crippen LogP contribution in [0, 0.1) is 33.1 Å². The number of nitrogen functional groups attached to an aromatic ring is 8. The highest BCUT2D eigenvalue weighted by Gasteiger charge is 2.34. The highest BCUT2D eigenvalue weighted by atomic mass is 16.3. The average molecular weight is 1460 g/mol. The van der Waals surface area contributed by atoms with E-state index in [0.29, 0.717) is 68.7 Å². The molecule has 6 aliphatic heterocycles. The number of urea groups is 3. The van der Waals surface area contributed by atoms with Gasteiger partial charge < -0.3 is 100 Å². The van der Waals surface area contributed by atoms with E-state index in [1.165, 1.54) is 36.0 Å². The van der Waals surface area contributed by atoms with Crippen LogP contribution in [0.3, 0.4) is 0 Å². The fourth-order valence-corrected chi connectivity index (χ4v) is 8.21. The van der Waals surface area contributed by atoms with Gasteiger partial charge in [0.05, 0.1) is 49.2 Å². The average Bonchev–Trinajstić information content (AvgIpc) is 1.69. The van der Waals surface area contributed by atoms with Crippen LogP contribution in [0.25, 0.3) is 11.2 Å². The summed E-state index contributed by atoms with van der Waals surface area (Å²) < 4.78 is 6.53. The van der Waals surface area contributed by atoms with Crippen LogP contribution < -0.4 is 106 Å². The second kappa shape index (κ2) is 35.1. The van der Waals surface area contributed by atoms with Crippen molar-refractivity contribution in [2.45, 2.75) is 52.9 Å². The summed E-state index contributed by atoms with van der Waals surface area (Å²) in [6, 6.07) is 0.361. The van der Waals surface area contributed by atoms with Crippen molar-refractivity contribution < 1.29 is 29.1 Å². The van der Waals surface area contributed by atoms with Crippen molar-refractivity contribution in [3.05, 3.63) is 162 Å². The molecule has 15 heterocycles. The third kappa shape index (κ3) is 21.9. The van der Waals surface area contributed by atoms with E-state index in [1.54, 1.807) is 120 Å². The van der Waals surface area contributed by atoms with Gasteiger partial charge in [0.1, 0.15) is 57.5 Å². The monoisotopic (exact) mass is 1460 g/mol. The summed E-state index contributed by atoms with van der Waals surface area (Å²) in [5.74, 6) is 2.59. The second-order valence-corrected chi connectivity index (χ2v) is 22.0. The molecule has 0 spiro atoms. The molecule has 15 rings (SSSR count). The quantitative estimate of drug-likeness (QED) is 0.0631.